The fraction of sp³-hybridized carbons (Fsp3) is 0.0769. The molecule has 17 heavy (non-hydrogen) atoms. The predicted molar refractivity (Wildman–Crippen MR) is 75.3 cm³/mol. The summed E-state index contributed by atoms with van der Waals surface area (Å²) >= 11 is 5.21. The van der Waals surface area contributed by atoms with Crippen molar-refractivity contribution in [2.45, 2.75) is 6.92 Å². The molecular weight excluding hydrogens is 230 g/mol. The maximum atomic E-state index is 5.21. The Morgan fingerprint density at radius 1 is 1.06 bits per heavy atom. The van der Waals surface area contributed by atoms with Crippen LogP contribution in [-0.2, 0) is 0 Å². The Balaban J connectivity index is 1.98. The fourth-order valence-electron chi connectivity index (χ4n) is 1.44. The van der Waals surface area contributed by atoms with E-state index in [2.05, 4.69) is 15.6 Å². The Morgan fingerprint density at radius 2 is 1.76 bits per heavy atom. The van der Waals surface area contributed by atoms with Gasteiger partial charge in [0.2, 0.25) is 0 Å². The minimum Gasteiger partial charge on any atom is -0.332 e. The van der Waals surface area contributed by atoms with E-state index in [0.29, 0.717) is 5.11 Å². The first kappa shape index (κ1) is 11.5. The number of benzene rings is 1. The summed E-state index contributed by atoms with van der Waals surface area (Å²) in [4.78, 5) is 4.09. The number of thiocarbonyl (C=S) groups is 1. The summed E-state index contributed by atoms with van der Waals surface area (Å²) in [6.07, 6.45) is 3.55. The van der Waals surface area contributed by atoms with Gasteiger partial charge in [-0.25, -0.2) is 0 Å². The number of rotatable bonds is 2. The van der Waals surface area contributed by atoms with Gasteiger partial charge in [0.1, 0.15) is 0 Å². The summed E-state index contributed by atoms with van der Waals surface area (Å²) in [5.74, 6) is 0. The lowest BCUT2D eigenvalue weighted by Gasteiger charge is -2.10. The van der Waals surface area contributed by atoms with E-state index in [0.717, 1.165) is 16.9 Å². The van der Waals surface area contributed by atoms with Crippen LogP contribution >= 0.6 is 12.2 Å². The summed E-state index contributed by atoms with van der Waals surface area (Å²) in [6, 6.07) is 11.8. The Hall–Kier alpha value is -1.94. The highest BCUT2D eigenvalue weighted by molar-refractivity contribution is 7.80. The Bertz CT molecular complexity index is 511. The molecule has 0 saturated heterocycles. The van der Waals surface area contributed by atoms with Crippen molar-refractivity contribution in [1.82, 2.24) is 4.98 Å². The van der Waals surface area contributed by atoms with Crippen molar-refractivity contribution in [2.75, 3.05) is 10.6 Å². The van der Waals surface area contributed by atoms with E-state index < -0.39 is 0 Å². The average Bonchev–Trinajstić information content (AvgIpc) is 2.30. The zero-order valence-corrected chi connectivity index (χ0v) is 10.3. The summed E-state index contributed by atoms with van der Waals surface area (Å²) in [5, 5.41) is 6.75. The van der Waals surface area contributed by atoms with Crippen LogP contribution < -0.4 is 10.6 Å². The SMILES string of the molecule is Cc1cncc(NC(=S)Nc2ccccc2)c1. The van der Waals surface area contributed by atoms with Gasteiger partial charge in [0.15, 0.2) is 5.11 Å². The topological polar surface area (TPSA) is 37.0 Å². The van der Waals surface area contributed by atoms with Crippen LogP contribution in [0, 0.1) is 6.92 Å². The number of para-hydroxylation sites is 1. The van der Waals surface area contributed by atoms with E-state index in [9.17, 15) is 0 Å². The standard InChI is InChI=1S/C13H13N3S/c1-10-7-12(9-14-8-10)16-13(17)15-11-5-3-2-4-6-11/h2-9H,1H3,(H2,15,16,17). The molecule has 0 aliphatic heterocycles. The molecule has 2 aromatic rings. The lowest BCUT2D eigenvalue weighted by Crippen LogP contribution is -2.19. The average molecular weight is 243 g/mol. The number of hydrogen-bond acceptors (Lipinski definition) is 2. The van der Waals surface area contributed by atoms with Gasteiger partial charge in [0.25, 0.3) is 0 Å². The van der Waals surface area contributed by atoms with Gasteiger partial charge in [-0.3, -0.25) is 4.98 Å². The third-order valence-corrected chi connectivity index (χ3v) is 2.37. The summed E-state index contributed by atoms with van der Waals surface area (Å²) < 4.78 is 0. The van der Waals surface area contributed by atoms with E-state index in [1.165, 1.54) is 0 Å². The van der Waals surface area contributed by atoms with E-state index in [4.69, 9.17) is 12.2 Å². The predicted octanol–water partition coefficient (Wildman–Crippen LogP) is 3.20. The van der Waals surface area contributed by atoms with E-state index in [1.54, 1.807) is 12.4 Å². The Kier molecular flexibility index (Phi) is 3.67. The maximum absolute atomic E-state index is 5.21. The van der Waals surface area contributed by atoms with Gasteiger partial charge in [0.05, 0.1) is 11.9 Å². The minimum absolute atomic E-state index is 0.559. The van der Waals surface area contributed by atoms with Gasteiger partial charge >= 0.3 is 0 Å². The van der Waals surface area contributed by atoms with Gasteiger partial charge in [-0.05, 0) is 42.9 Å². The van der Waals surface area contributed by atoms with Crippen LogP contribution in [0.3, 0.4) is 0 Å². The van der Waals surface area contributed by atoms with Crippen molar-refractivity contribution < 1.29 is 0 Å². The number of pyridine rings is 1. The normalized spacial score (nSPS) is 9.71. The monoisotopic (exact) mass is 243 g/mol. The fourth-order valence-corrected chi connectivity index (χ4v) is 1.67. The Labute approximate surface area is 106 Å². The van der Waals surface area contributed by atoms with Crippen molar-refractivity contribution >= 4 is 28.7 Å². The van der Waals surface area contributed by atoms with Gasteiger partial charge < -0.3 is 10.6 Å². The van der Waals surface area contributed by atoms with Crippen LogP contribution in [0.4, 0.5) is 11.4 Å². The number of aryl methyl sites for hydroxylation is 1. The van der Waals surface area contributed by atoms with Gasteiger partial charge in [-0.2, -0.15) is 0 Å². The largest absolute Gasteiger partial charge is 0.332 e. The third kappa shape index (κ3) is 3.53. The number of hydrogen-bond donors (Lipinski definition) is 2. The number of nitrogens with zero attached hydrogens (tertiary/aromatic N) is 1. The molecule has 1 heterocycles. The summed E-state index contributed by atoms with van der Waals surface area (Å²) in [5.41, 5.74) is 2.95. The van der Waals surface area contributed by atoms with Gasteiger partial charge in [-0.1, -0.05) is 18.2 Å². The number of nitrogens with one attached hydrogen (secondary N) is 2. The first-order valence-corrected chi connectivity index (χ1v) is 5.69. The molecule has 86 valence electrons. The third-order valence-electron chi connectivity index (χ3n) is 2.16. The van der Waals surface area contributed by atoms with E-state index in [1.807, 2.05) is 43.3 Å². The molecular formula is C13H13N3S. The molecule has 1 aromatic carbocycles. The van der Waals surface area contributed by atoms with Crippen molar-refractivity contribution in [2.24, 2.45) is 0 Å². The van der Waals surface area contributed by atoms with Crippen molar-refractivity contribution in [1.29, 1.82) is 0 Å². The molecule has 0 aliphatic rings. The molecule has 0 aliphatic carbocycles. The second-order valence-corrected chi connectivity index (χ2v) is 4.10. The molecule has 0 bridgehead atoms. The second-order valence-electron chi connectivity index (χ2n) is 3.70. The van der Waals surface area contributed by atoms with Crippen LogP contribution in [0.5, 0.6) is 0 Å². The molecule has 0 amide bonds. The molecule has 0 saturated carbocycles. The molecule has 0 radical (unpaired) electrons. The quantitative estimate of drug-likeness (QED) is 0.794. The van der Waals surface area contributed by atoms with Crippen molar-refractivity contribution in [3.63, 3.8) is 0 Å². The lowest BCUT2D eigenvalue weighted by atomic mass is 10.3. The highest BCUT2D eigenvalue weighted by Crippen LogP contribution is 2.09. The molecule has 0 fully saturated rings. The van der Waals surface area contributed by atoms with Crippen LogP contribution in [0.1, 0.15) is 5.56 Å². The molecule has 2 N–H and O–H groups in total. The number of anilines is 2. The van der Waals surface area contributed by atoms with Crippen molar-refractivity contribution in [3.05, 3.63) is 54.4 Å². The molecule has 4 heteroatoms. The summed E-state index contributed by atoms with van der Waals surface area (Å²) in [7, 11) is 0. The van der Waals surface area contributed by atoms with Crippen LogP contribution in [0.15, 0.2) is 48.8 Å². The first-order valence-electron chi connectivity index (χ1n) is 5.29. The molecule has 2 rings (SSSR count). The molecule has 3 nitrogen and oxygen atoms in total. The minimum atomic E-state index is 0.559. The zero-order chi connectivity index (χ0) is 12.1. The zero-order valence-electron chi connectivity index (χ0n) is 9.47. The van der Waals surface area contributed by atoms with Gasteiger partial charge in [0, 0.05) is 11.9 Å². The highest BCUT2D eigenvalue weighted by Gasteiger charge is 1.98. The second kappa shape index (κ2) is 5.41. The molecule has 0 atom stereocenters. The molecule has 0 spiro atoms. The number of aromatic nitrogens is 1. The lowest BCUT2D eigenvalue weighted by molar-refractivity contribution is 1.27. The first-order chi connectivity index (χ1) is 8.24. The maximum Gasteiger partial charge on any atom is 0.175 e. The van der Waals surface area contributed by atoms with Crippen molar-refractivity contribution in [3.8, 4) is 0 Å². The van der Waals surface area contributed by atoms with Crippen LogP contribution in [0.25, 0.3) is 0 Å². The molecule has 1 aromatic heterocycles. The molecule has 0 unspecified atom stereocenters. The van der Waals surface area contributed by atoms with Gasteiger partial charge in [-0.15, -0.1) is 0 Å². The van der Waals surface area contributed by atoms with Crippen LogP contribution in [0.2, 0.25) is 0 Å². The Morgan fingerprint density at radius 3 is 2.47 bits per heavy atom. The van der Waals surface area contributed by atoms with Crippen LogP contribution in [-0.4, -0.2) is 10.1 Å². The van der Waals surface area contributed by atoms with E-state index in [-0.39, 0.29) is 0 Å². The smallest absolute Gasteiger partial charge is 0.175 e. The highest BCUT2D eigenvalue weighted by atomic mass is 32.1. The van der Waals surface area contributed by atoms with E-state index >= 15 is 0 Å². The summed E-state index contributed by atoms with van der Waals surface area (Å²) in [6.45, 7) is 1.99.